The van der Waals surface area contributed by atoms with Crippen LogP contribution in [0.2, 0.25) is 0 Å². The van der Waals surface area contributed by atoms with Crippen LogP contribution in [0.4, 0.5) is 34.6 Å². The molecule has 0 unspecified atom stereocenters. The molecule has 0 aliphatic heterocycles. The van der Waals surface area contributed by atoms with Crippen LogP contribution in [0.5, 0.6) is 0 Å². The number of H-pyrrole nitrogens is 2. The molecule has 0 spiro atoms. The van der Waals surface area contributed by atoms with Gasteiger partial charge in [0.1, 0.15) is 11.6 Å². The highest BCUT2D eigenvalue weighted by molar-refractivity contribution is 6.04. The van der Waals surface area contributed by atoms with Gasteiger partial charge in [0.2, 0.25) is 35.3 Å². The SMILES string of the molecule is CCOC(=O)c1nc(NC(=O)CCC(=O)Nc2cc(NC(=O)c3nc(NC(=O)CCC(=O)Nc4cc(NC(=O)c5nccn5C)c[nH]4)cn3C)c[nH]2)cn1C. The summed E-state index contributed by atoms with van der Waals surface area (Å²) < 4.78 is 9.29. The lowest BCUT2D eigenvalue weighted by Crippen LogP contribution is -2.18. The van der Waals surface area contributed by atoms with Crippen molar-refractivity contribution < 1.29 is 38.3 Å². The van der Waals surface area contributed by atoms with Crippen LogP contribution < -0.4 is 31.9 Å². The van der Waals surface area contributed by atoms with Gasteiger partial charge in [0.25, 0.3) is 11.8 Å². The molecule has 5 aromatic heterocycles. The fourth-order valence-corrected chi connectivity index (χ4v) is 4.98. The number of nitrogens with one attached hydrogen (secondary N) is 8. The first-order valence-corrected chi connectivity index (χ1v) is 16.7. The number of aromatic amines is 2. The zero-order chi connectivity index (χ0) is 39.6. The molecule has 22 heteroatoms. The number of carbonyl (C=O) groups is 7. The van der Waals surface area contributed by atoms with Gasteiger partial charge < -0.3 is 60.3 Å². The number of hydrogen-bond donors (Lipinski definition) is 8. The Morgan fingerprint density at radius 1 is 0.618 bits per heavy atom. The molecule has 288 valence electrons. The Kier molecular flexibility index (Phi) is 12.2. The number of carbonyl (C=O) groups excluding carboxylic acids is 7. The third kappa shape index (κ3) is 10.5. The van der Waals surface area contributed by atoms with E-state index in [1.54, 1.807) is 38.8 Å². The minimum Gasteiger partial charge on any atom is -0.460 e. The van der Waals surface area contributed by atoms with Crippen molar-refractivity contribution in [2.24, 2.45) is 21.1 Å². The lowest BCUT2D eigenvalue weighted by Gasteiger charge is -2.04. The third-order valence-electron chi connectivity index (χ3n) is 7.56. The highest BCUT2D eigenvalue weighted by Crippen LogP contribution is 2.18. The van der Waals surface area contributed by atoms with Crippen molar-refractivity contribution in [2.45, 2.75) is 32.6 Å². The molecule has 6 amide bonds. The van der Waals surface area contributed by atoms with Gasteiger partial charge in [0.15, 0.2) is 17.5 Å². The molecule has 5 aromatic rings. The van der Waals surface area contributed by atoms with Gasteiger partial charge in [-0.05, 0) is 6.92 Å². The molecule has 0 bridgehead atoms. The van der Waals surface area contributed by atoms with Crippen LogP contribution in [0.1, 0.15) is 64.5 Å². The maximum atomic E-state index is 12.9. The van der Waals surface area contributed by atoms with Crippen LogP contribution in [0.25, 0.3) is 0 Å². The first-order chi connectivity index (χ1) is 26.3. The van der Waals surface area contributed by atoms with E-state index in [1.165, 1.54) is 52.3 Å². The molecule has 0 atom stereocenters. The van der Waals surface area contributed by atoms with Gasteiger partial charge in [-0.2, -0.15) is 0 Å². The van der Waals surface area contributed by atoms with E-state index in [1.807, 2.05) is 0 Å². The lowest BCUT2D eigenvalue weighted by molar-refractivity contribution is -0.121. The van der Waals surface area contributed by atoms with E-state index in [2.05, 4.69) is 56.8 Å². The molecule has 8 N–H and O–H groups in total. The van der Waals surface area contributed by atoms with E-state index in [0.717, 1.165) is 0 Å². The molecular formula is C33H38N14O8. The molecule has 0 aromatic carbocycles. The van der Waals surface area contributed by atoms with Crippen LogP contribution in [-0.4, -0.2) is 86.6 Å². The summed E-state index contributed by atoms with van der Waals surface area (Å²) >= 11 is 0. The van der Waals surface area contributed by atoms with Crippen LogP contribution in [0.15, 0.2) is 49.3 Å². The fourth-order valence-electron chi connectivity index (χ4n) is 4.98. The quantitative estimate of drug-likeness (QED) is 0.0673. The Morgan fingerprint density at radius 3 is 1.55 bits per heavy atom. The number of hydrogen-bond acceptors (Lipinski definition) is 11. The summed E-state index contributed by atoms with van der Waals surface area (Å²) in [5, 5.41) is 15.6. The predicted molar refractivity (Wildman–Crippen MR) is 196 cm³/mol. The van der Waals surface area contributed by atoms with Crippen molar-refractivity contribution in [1.82, 2.24) is 38.6 Å². The lowest BCUT2D eigenvalue weighted by atomic mass is 10.3. The zero-order valence-corrected chi connectivity index (χ0v) is 30.1. The monoisotopic (exact) mass is 758 g/mol. The molecule has 0 saturated carbocycles. The van der Waals surface area contributed by atoms with Crippen LogP contribution in [0, 0.1) is 0 Å². The Morgan fingerprint density at radius 2 is 1.07 bits per heavy atom. The molecule has 5 rings (SSSR count). The second-order valence-corrected chi connectivity index (χ2v) is 11.9. The van der Waals surface area contributed by atoms with Crippen LogP contribution in [0.3, 0.4) is 0 Å². The number of anilines is 6. The predicted octanol–water partition coefficient (Wildman–Crippen LogP) is 1.94. The van der Waals surface area contributed by atoms with Crippen molar-refractivity contribution >= 4 is 76.1 Å². The number of imidazole rings is 3. The standard InChI is InChI=1S/C33H38N14O8/c1-5-55-33(54)30-44-23(17-47(30)4)42-27(51)9-7-25(49)40-21-13-19(15-36-21)38-32(53)29-43-22(16-46(29)3)41-26(50)8-6-24(48)39-20-12-18(14-35-20)37-31(52)28-34-10-11-45(28)2/h10-17,35-36H,5-9H2,1-4H3,(H,37,52)(H,38,53)(H,39,48)(H,40,49)(H,41,50)(H,42,51). The van der Waals surface area contributed by atoms with Crippen molar-refractivity contribution in [1.29, 1.82) is 0 Å². The van der Waals surface area contributed by atoms with E-state index >= 15 is 0 Å². The van der Waals surface area contributed by atoms with Gasteiger partial charge in [0, 0.05) is 96.1 Å². The second kappa shape index (κ2) is 17.3. The maximum absolute atomic E-state index is 12.9. The molecule has 0 radical (unpaired) electrons. The summed E-state index contributed by atoms with van der Waals surface area (Å²) in [5.41, 5.74) is 0.709. The molecule has 0 saturated heterocycles. The van der Waals surface area contributed by atoms with E-state index < -0.39 is 41.4 Å². The number of aromatic nitrogens is 8. The Hall–Kier alpha value is -7.52. The summed E-state index contributed by atoms with van der Waals surface area (Å²) in [7, 11) is 4.82. The molecule has 0 fully saturated rings. The van der Waals surface area contributed by atoms with Crippen LogP contribution in [-0.2, 0) is 45.1 Å². The fraction of sp³-hybridized carbons (Fsp3) is 0.273. The number of esters is 1. The van der Waals surface area contributed by atoms with E-state index in [4.69, 9.17) is 4.74 Å². The van der Waals surface area contributed by atoms with Crippen molar-refractivity contribution in [3.05, 3.63) is 66.8 Å². The summed E-state index contributed by atoms with van der Waals surface area (Å²) in [6.07, 6.45) is 8.26. The molecule has 5 heterocycles. The van der Waals surface area contributed by atoms with E-state index in [0.29, 0.717) is 17.2 Å². The highest BCUT2D eigenvalue weighted by Gasteiger charge is 2.19. The van der Waals surface area contributed by atoms with Gasteiger partial charge in [-0.1, -0.05) is 0 Å². The van der Waals surface area contributed by atoms with Crippen LogP contribution >= 0.6 is 0 Å². The summed E-state index contributed by atoms with van der Waals surface area (Å²) in [6, 6.07) is 2.98. The molecular weight excluding hydrogens is 720 g/mol. The smallest absolute Gasteiger partial charge is 0.374 e. The highest BCUT2D eigenvalue weighted by atomic mass is 16.5. The normalized spacial score (nSPS) is 10.7. The summed E-state index contributed by atoms with van der Waals surface area (Å²) in [4.78, 5) is 105. The number of rotatable bonds is 16. The van der Waals surface area contributed by atoms with Gasteiger partial charge in [-0.25, -0.2) is 19.7 Å². The number of ether oxygens (including phenoxy) is 1. The second-order valence-electron chi connectivity index (χ2n) is 11.9. The summed E-state index contributed by atoms with van der Waals surface area (Å²) in [6.45, 7) is 1.84. The Labute approximate surface area is 311 Å². The maximum Gasteiger partial charge on any atom is 0.374 e. The van der Waals surface area contributed by atoms with Crippen molar-refractivity contribution in [3.8, 4) is 0 Å². The summed E-state index contributed by atoms with van der Waals surface area (Å²) in [5.74, 6) is -2.63. The Balaban J connectivity index is 1.02. The van der Waals surface area contributed by atoms with Gasteiger partial charge in [-0.15, -0.1) is 0 Å². The molecule has 55 heavy (non-hydrogen) atoms. The number of nitrogens with zero attached hydrogens (tertiary/aromatic N) is 6. The minimum absolute atomic E-state index is 0.0195. The van der Waals surface area contributed by atoms with Gasteiger partial charge in [0.05, 0.1) is 18.0 Å². The number of aryl methyl sites for hydroxylation is 3. The average molecular weight is 759 g/mol. The average Bonchev–Trinajstić information content (AvgIpc) is 3.97. The van der Waals surface area contributed by atoms with Gasteiger partial charge >= 0.3 is 5.97 Å². The first-order valence-electron chi connectivity index (χ1n) is 16.7. The van der Waals surface area contributed by atoms with E-state index in [-0.39, 0.29) is 67.2 Å². The number of amides is 6. The third-order valence-corrected chi connectivity index (χ3v) is 7.56. The van der Waals surface area contributed by atoms with Crippen molar-refractivity contribution in [3.63, 3.8) is 0 Å². The molecule has 22 nitrogen and oxygen atoms in total. The topological polar surface area (TPSA) is 286 Å². The minimum atomic E-state index is -0.631. The van der Waals surface area contributed by atoms with Gasteiger partial charge in [-0.3, -0.25) is 28.8 Å². The molecule has 0 aliphatic rings. The van der Waals surface area contributed by atoms with Crippen molar-refractivity contribution in [2.75, 3.05) is 38.5 Å². The largest absolute Gasteiger partial charge is 0.460 e. The Bertz CT molecular complexity index is 2240. The van der Waals surface area contributed by atoms with E-state index in [9.17, 15) is 33.6 Å². The molecule has 0 aliphatic carbocycles. The first kappa shape index (κ1) is 38.7. The zero-order valence-electron chi connectivity index (χ0n) is 30.1.